The van der Waals surface area contributed by atoms with Gasteiger partial charge in [0.2, 0.25) is 0 Å². The summed E-state index contributed by atoms with van der Waals surface area (Å²) in [5.41, 5.74) is 0. The Hall–Kier alpha value is -1.54. The molecule has 9 heteroatoms. The number of phosphoric ester groups is 1. The second kappa shape index (κ2) is 20.6. The fourth-order valence-electron chi connectivity index (χ4n) is 2.79. The molecule has 0 radical (unpaired) electrons. The third kappa shape index (κ3) is 24.0. The van der Waals surface area contributed by atoms with Gasteiger partial charge in [-0.05, 0) is 26.2 Å². The Morgan fingerprint density at radius 1 is 0.914 bits per heavy atom. The van der Waals surface area contributed by atoms with E-state index in [1.807, 2.05) is 64.5 Å². The molecule has 0 aliphatic carbocycles. The third-order valence-corrected chi connectivity index (χ3v) is 5.81. The van der Waals surface area contributed by atoms with Crippen molar-refractivity contribution >= 4 is 13.8 Å². The Bertz CT molecular complexity index is 711. The quantitative estimate of drug-likeness (QED) is 0.0720. The minimum atomic E-state index is -4.27. The van der Waals surface area contributed by atoms with Crippen molar-refractivity contribution in [3.05, 3.63) is 48.6 Å². The molecule has 202 valence electrons. The summed E-state index contributed by atoms with van der Waals surface area (Å²) < 4.78 is 27.4. The van der Waals surface area contributed by atoms with Crippen molar-refractivity contribution in [2.45, 2.75) is 64.4 Å². The van der Waals surface area contributed by atoms with E-state index in [2.05, 4.69) is 12.2 Å². The summed E-state index contributed by atoms with van der Waals surface area (Å²) in [6.07, 6.45) is 22.6. The van der Waals surface area contributed by atoms with Crippen LogP contribution in [0.5, 0.6) is 0 Å². The Morgan fingerprint density at radius 2 is 1.51 bits per heavy atom. The molecular formula is C26H47NO7P+. The normalized spacial score (nSPS) is 15.5. The molecule has 0 aromatic carbocycles. The van der Waals surface area contributed by atoms with E-state index in [0.29, 0.717) is 17.4 Å². The molecule has 0 bridgehead atoms. The van der Waals surface area contributed by atoms with Gasteiger partial charge in [0.25, 0.3) is 0 Å². The summed E-state index contributed by atoms with van der Waals surface area (Å²) in [5, 5.41) is 9.37. The van der Waals surface area contributed by atoms with E-state index in [1.165, 1.54) is 0 Å². The van der Waals surface area contributed by atoms with Crippen molar-refractivity contribution < 1.29 is 37.6 Å². The van der Waals surface area contributed by atoms with Crippen molar-refractivity contribution in [2.24, 2.45) is 0 Å². The van der Waals surface area contributed by atoms with Crippen LogP contribution in [0.3, 0.4) is 0 Å². The van der Waals surface area contributed by atoms with Crippen LogP contribution in [0.2, 0.25) is 0 Å². The third-order valence-electron chi connectivity index (χ3n) is 4.83. The summed E-state index contributed by atoms with van der Waals surface area (Å²) in [6.45, 7) is 1.65. The standard InChI is InChI=1S/C26H46NO7P/c1-5-6-7-8-9-10-11-12-13-14-15-16-17-18-19-20-26(29)34-25(23-28)24-33-35(30,31)32-22-21-27(2,3)4/h5-12,25,28H,13-24H2,1-4H3/p+1/b6-5+,8-7+,10-9+,12-11+. The van der Waals surface area contributed by atoms with Gasteiger partial charge in [0.15, 0.2) is 0 Å². The molecule has 2 unspecified atom stereocenters. The predicted molar refractivity (Wildman–Crippen MR) is 141 cm³/mol. The number of quaternary nitrogens is 1. The predicted octanol–water partition coefficient (Wildman–Crippen LogP) is 5.10. The summed E-state index contributed by atoms with van der Waals surface area (Å²) >= 11 is 0. The van der Waals surface area contributed by atoms with E-state index in [1.54, 1.807) is 0 Å². The highest BCUT2D eigenvalue weighted by Crippen LogP contribution is 2.43. The maximum absolute atomic E-state index is 12.0. The summed E-state index contributed by atoms with van der Waals surface area (Å²) in [6, 6.07) is 0. The molecule has 0 aliphatic rings. The molecule has 8 nitrogen and oxygen atoms in total. The number of nitrogens with zero attached hydrogens (tertiary/aromatic N) is 1. The summed E-state index contributed by atoms with van der Waals surface area (Å²) in [7, 11) is 1.52. The lowest BCUT2D eigenvalue weighted by atomic mass is 10.1. The first-order valence-corrected chi connectivity index (χ1v) is 13.9. The van der Waals surface area contributed by atoms with Gasteiger partial charge >= 0.3 is 13.8 Å². The molecule has 35 heavy (non-hydrogen) atoms. The Labute approximate surface area is 212 Å². The maximum Gasteiger partial charge on any atom is 0.472 e. The van der Waals surface area contributed by atoms with Crippen LogP contribution in [0.4, 0.5) is 0 Å². The van der Waals surface area contributed by atoms with Gasteiger partial charge < -0.3 is 19.2 Å². The van der Waals surface area contributed by atoms with Crippen LogP contribution in [0.25, 0.3) is 0 Å². The molecule has 0 aliphatic heterocycles. The number of aliphatic hydroxyl groups excluding tert-OH is 1. The van der Waals surface area contributed by atoms with Crippen molar-refractivity contribution in [2.75, 3.05) is 47.5 Å². The van der Waals surface area contributed by atoms with Gasteiger partial charge in [0.1, 0.15) is 19.3 Å². The number of unbranched alkanes of at least 4 members (excludes halogenated alkanes) is 6. The van der Waals surface area contributed by atoms with E-state index in [-0.39, 0.29) is 13.0 Å². The first kappa shape index (κ1) is 33.5. The number of esters is 1. The van der Waals surface area contributed by atoms with E-state index < -0.39 is 33.1 Å². The number of allylic oxidation sites excluding steroid dienone is 8. The van der Waals surface area contributed by atoms with E-state index in [4.69, 9.17) is 13.8 Å². The number of phosphoric acid groups is 1. The number of carbonyl (C=O) groups is 1. The van der Waals surface area contributed by atoms with Crippen LogP contribution in [-0.2, 0) is 23.1 Å². The van der Waals surface area contributed by atoms with Crippen molar-refractivity contribution in [3.8, 4) is 0 Å². The van der Waals surface area contributed by atoms with Gasteiger partial charge in [0, 0.05) is 6.42 Å². The zero-order valence-corrected chi connectivity index (χ0v) is 22.9. The summed E-state index contributed by atoms with van der Waals surface area (Å²) in [5.74, 6) is -0.454. The second-order valence-corrected chi connectivity index (χ2v) is 10.7. The lowest BCUT2D eigenvalue weighted by Gasteiger charge is -2.24. The molecule has 2 atom stereocenters. The van der Waals surface area contributed by atoms with Crippen LogP contribution in [0, 0.1) is 0 Å². The fourth-order valence-corrected chi connectivity index (χ4v) is 3.54. The zero-order valence-electron chi connectivity index (χ0n) is 22.0. The minimum absolute atomic E-state index is 0.0457. The molecule has 2 N–H and O–H groups in total. The molecule has 0 saturated carbocycles. The summed E-state index contributed by atoms with van der Waals surface area (Å²) in [4.78, 5) is 21.7. The molecule has 0 fully saturated rings. The van der Waals surface area contributed by atoms with Gasteiger partial charge in [-0.25, -0.2) is 4.57 Å². The smallest absolute Gasteiger partial charge is 0.457 e. The Morgan fingerprint density at radius 3 is 2.14 bits per heavy atom. The van der Waals surface area contributed by atoms with Gasteiger partial charge in [-0.15, -0.1) is 0 Å². The number of hydrogen-bond acceptors (Lipinski definition) is 6. The van der Waals surface area contributed by atoms with Gasteiger partial charge in [-0.3, -0.25) is 13.8 Å². The topological polar surface area (TPSA) is 102 Å². The van der Waals surface area contributed by atoms with Crippen LogP contribution in [-0.4, -0.2) is 74.1 Å². The van der Waals surface area contributed by atoms with Gasteiger partial charge in [0.05, 0.1) is 34.4 Å². The minimum Gasteiger partial charge on any atom is -0.457 e. The lowest BCUT2D eigenvalue weighted by molar-refractivity contribution is -0.870. The second-order valence-electron chi connectivity index (χ2n) is 9.29. The number of carbonyl (C=O) groups excluding carboxylic acids is 1. The average Bonchev–Trinajstić information content (AvgIpc) is 2.78. The molecule has 0 amide bonds. The molecule has 0 aromatic rings. The highest BCUT2D eigenvalue weighted by Gasteiger charge is 2.25. The first-order chi connectivity index (χ1) is 16.6. The molecule has 0 heterocycles. The fraction of sp³-hybridized carbons (Fsp3) is 0.654. The maximum atomic E-state index is 12.0. The van der Waals surface area contributed by atoms with Gasteiger partial charge in [-0.2, -0.15) is 0 Å². The molecular weight excluding hydrogens is 469 g/mol. The Balaban J connectivity index is 3.84. The lowest BCUT2D eigenvalue weighted by Crippen LogP contribution is -2.37. The monoisotopic (exact) mass is 516 g/mol. The number of rotatable bonds is 21. The van der Waals surface area contributed by atoms with Crippen LogP contribution >= 0.6 is 7.82 Å². The largest absolute Gasteiger partial charge is 0.472 e. The van der Waals surface area contributed by atoms with E-state index >= 15 is 0 Å². The first-order valence-electron chi connectivity index (χ1n) is 12.4. The van der Waals surface area contributed by atoms with E-state index in [9.17, 15) is 19.4 Å². The van der Waals surface area contributed by atoms with Crippen LogP contribution < -0.4 is 0 Å². The number of hydrogen-bond donors (Lipinski definition) is 2. The highest BCUT2D eigenvalue weighted by atomic mass is 31.2. The highest BCUT2D eigenvalue weighted by molar-refractivity contribution is 7.47. The van der Waals surface area contributed by atoms with Crippen molar-refractivity contribution in [3.63, 3.8) is 0 Å². The zero-order chi connectivity index (χ0) is 26.4. The van der Waals surface area contributed by atoms with Crippen LogP contribution in [0.15, 0.2) is 48.6 Å². The SMILES string of the molecule is C/C=C/C=C/C=C/C=C/CCCCCCCCC(=O)OC(CO)COP(=O)(O)OCC[N+](C)(C)C. The molecule has 0 spiro atoms. The Kier molecular flexibility index (Phi) is 19.7. The molecule has 0 aromatic heterocycles. The van der Waals surface area contributed by atoms with Gasteiger partial charge in [-0.1, -0.05) is 74.3 Å². The van der Waals surface area contributed by atoms with Crippen molar-refractivity contribution in [1.29, 1.82) is 0 Å². The van der Waals surface area contributed by atoms with Crippen molar-refractivity contribution in [1.82, 2.24) is 0 Å². The number of aliphatic hydroxyl groups is 1. The molecule has 0 rings (SSSR count). The average molecular weight is 517 g/mol. The van der Waals surface area contributed by atoms with Crippen LogP contribution in [0.1, 0.15) is 58.3 Å². The van der Waals surface area contributed by atoms with E-state index in [0.717, 1.165) is 38.5 Å². The number of ether oxygens (including phenoxy) is 1. The number of likely N-dealkylation sites (N-methyl/N-ethyl adjacent to an activating group) is 1. The molecule has 0 saturated heterocycles.